The van der Waals surface area contributed by atoms with Gasteiger partial charge in [0.15, 0.2) is 5.82 Å². The fourth-order valence-electron chi connectivity index (χ4n) is 1.59. The molecule has 0 bridgehead atoms. The van der Waals surface area contributed by atoms with E-state index in [1.807, 2.05) is 0 Å². The van der Waals surface area contributed by atoms with Crippen LogP contribution >= 0.6 is 11.6 Å². The van der Waals surface area contributed by atoms with Crippen molar-refractivity contribution in [2.24, 2.45) is 0 Å². The Bertz CT molecular complexity index is 510. The van der Waals surface area contributed by atoms with E-state index in [1.54, 1.807) is 13.0 Å². The molecule has 4 nitrogen and oxygen atoms in total. The maximum atomic E-state index is 13.1. The van der Waals surface area contributed by atoms with Crippen molar-refractivity contribution in [1.29, 1.82) is 0 Å². The molecule has 96 valence electrons. The molecule has 0 unspecified atom stereocenters. The zero-order valence-corrected chi connectivity index (χ0v) is 10.7. The zero-order chi connectivity index (χ0) is 13.0. The van der Waals surface area contributed by atoms with E-state index in [1.165, 1.54) is 12.1 Å². The predicted molar refractivity (Wildman–Crippen MR) is 65.9 cm³/mol. The molecule has 18 heavy (non-hydrogen) atoms. The molecule has 6 heteroatoms. The van der Waals surface area contributed by atoms with Crippen LogP contribution in [0.15, 0.2) is 22.7 Å². The van der Waals surface area contributed by atoms with Crippen molar-refractivity contribution >= 4 is 11.6 Å². The first-order valence-electron chi connectivity index (χ1n) is 5.58. The summed E-state index contributed by atoms with van der Waals surface area (Å²) in [5.41, 5.74) is 0.810. The predicted octanol–water partition coefficient (Wildman–Crippen LogP) is 2.50. The zero-order valence-electron chi connectivity index (χ0n) is 9.91. The Morgan fingerprint density at radius 3 is 2.89 bits per heavy atom. The number of rotatable bonds is 5. The highest BCUT2D eigenvalue weighted by Gasteiger charge is 2.02. The van der Waals surface area contributed by atoms with Crippen LogP contribution in [0.1, 0.15) is 17.3 Å². The molecule has 1 N–H and O–H groups in total. The lowest BCUT2D eigenvalue weighted by atomic mass is 10.2. The van der Waals surface area contributed by atoms with Gasteiger partial charge in [-0.25, -0.2) is 4.39 Å². The molecule has 0 spiro atoms. The van der Waals surface area contributed by atoms with Crippen LogP contribution in [0.4, 0.5) is 4.39 Å². The van der Waals surface area contributed by atoms with Crippen LogP contribution in [-0.4, -0.2) is 16.7 Å². The van der Waals surface area contributed by atoms with Crippen LogP contribution in [0.2, 0.25) is 5.02 Å². The third kappa shape index (κ3) is 3.78. The van der Waals surface area contributed by atoms with Crippen molar-refractivity contribution in [2.75, 3.05) is 6.54 Å². The molecule has 0 aliphatic rings. The van der Waals surface area contributed by atoms with Crippen molar-refractivity contribution in [2.45, 2.75) is 19.9 Å². The Morgan fingerprint density at radius 2 is 2.22 bits per heavy atom. The topological polar surface area (TPSA) is 51.0 Å². The van der Waals surface area contributed by atoms with Gasteiger partial charge in [-0.05, 0) is 23.8 Å². The van der Waals surface area contributed by atoms with Gasteiger partial charge in [0.1, 0.15) is 5.82 Å². The lowest BCUT2D eigenvalue weighted by Crippen LogP contribution is -2.17. The minimum atomic E-state index is -0.326. The third-order valence-corrected chi connectivity index (χ3v) is 2.56. The first kappa shape index (κ1) is 13.0. The van der Waals surface area contributed by atoms with Crippen LogP contribution in [0.3, 0.4) is 0 Å². The van der Waals surface area contributed by atoms with Crippen LogP contribution in [0.5, 0.6) is 0 Å². The van der Waals surface area contributed by atoms with Crippen molar-refractivity contribution < 1.29 is 8.91 Å². The fourth-order valence-corrected chi connectivity index (χ4v) is 1.83. The largest absolute Gasteiger partial charge is 0.340 e. The maximum Gasteiger partial charge on any atom is 0.223 e. The summed E-state index contributed by atoms with van der Waals surface area (Å²) >= 11 is 5.76. The van der Waals surface area contributed by atoms with E-state index in [0.29, 0.717) is 36.2 Å². The number of nitrogens with one attached hydrogen (secondary N) is 1. The first-order valence-corrected chi connectivity index (χ1v) is 5.96. The number of hydrogen-bond acceptors (Lipinski definition) is 4. The molecule has 2 rings (SSSR count). The molecule has 0 fully saturated rings. The highest BCUT2D eigenvalue weighted by molar-refractivity contribution is 6.30. The van der Waals surface area contributed by atoms with Gasteiger partial charge < -0.3 is 9.84 Å². The van der Waals surface area contributed by atoms with Crippen molar-refractivity contribution in [3.8, 4) is 0 Å². The highest BCUT2D eigenvalue weighted by Crippen LogP contribution is 2.13. The Morgan fingerprint density at radius 1 is 1.39 bits per heavy atom. The van der Waals surface area contributed by atoms with Gasteiger partial charge in [0.05, 0.1) is 0 Å². The van der Waals surface area contributed by atoms with Crippen LogP contribution in [0, 0.1) is 12.7 Å². The lowest BCUT2D eigenvalue weighted by Gasteiger charge is -2.04. The Hall–Kier alpha value is -1.46. The van der Waals surface area contributed by atoms with E-state index in [4.69, 9.17) is 16.1 Å². The summed E-state index contributed by atoms with van der Waals surface area (Å²) in [4.78, 5) is 4.08. The number of nitrogens with zero attached hydrogens (tertiary/aromatic N) is 2. The lowest BCUT2D eigenvalue weighted by molar-refractivity contribution is 0.387. The molecular formula is C12H13ClFN3O. The summed E-state index contributed by atoms with van der Waals surface area (Å²) in [6.07, 6.45) is 0.667. The van der Waals surface area contributed by atoms with Crippen molar-refractivity contribution in [3.05, 3.63) is 46.3 Å². The van der Waals surface area contributed by atoms with Gasteiger partial charge in [0.25, 0.3) is 0 Å². The maximum absolute atomic E-state index is 13.1. The van der Waals surface area contributed by atoms with Gasteiger partial charge in [-0.3, -0.25) is 0 Å². The molecule has 1 aromatic carbocycles. The van der Waals surface area contributed by atoms with E-state index >= 15 is 0 Å². The molecule has 2 aromatic rings. The second kappa shape index (κ2) is 5.93. The van der Waals surface area contributed by atoms with Gasteiger partial charge in [0.2, 0.25) is 5.89 Å². The number of aryl methyl sites for hydroxylation is 1. The Labute approximate surface area is 109 Å². The number of aromatic nitrogens is 2. The average Bonchev–Trinajstić information content (AvgIpc) is 2.69. The SMILES string of the molecule is Cc1nc(CCNCc2cc(F)cc(Cl)c2)no1. The standard InChI is InChI=1S/C12H13ClFN3O/c1-8-16-12(17-18-8)2-3-15-7-9-4-10(13)6-11(14)5-9/h4-6,15H,2-3,7H2,1H3. The van der Waals surface area contributed by atoms with Gasteiger partial charge in [-0.15, -0.1) is 0 Å². The molecular weight excluding hydrogens is 257 g/mol. The summed E-state index contributed by atoms with van der Waals surface area (Å²) < 4.78 is 17.9. The van der Waals surface area contributed by atoms with Gasteiger partial charge in [0, 0.05) is 31.5 Å². The molecule has 0 aliphatic carbocycles. The quantitative estimate of drug-likeness (QED) is 0.848. The summed E-state index contributed by atoms with van der Waals surface area (Å²) in [7, 11) is 0. The molecule has 0 atom stereocenters. The molecule has 0 amide bonds. The summed E-state index contributed by atoms with van der Waals surface area (Å²) in [5.74, 6) is 0.896. The second-order valence-electron chi connectivity index (χ2n) is 3.93. The number of hydrogen-bond donors (Lipinski definition) is 1. The normalized spacial score (nSPS) is 10.8. The monoisotopic (exact) mass is 269 g/mol. The number of halogens is 2. The minimum absolute atomic E-state index is 0.326. The van der Waals surface area contributed by atoms with E-state index in [0.717, 1.165) is 5.56 Å². The van der Waals surface area contributed by atoms with Gasteiger partial charge >= 0.3 is 0 Å². The molecule has 0 radical (unpaired) electrons. The molecule has 1 heterocycles. The van der Waals surface area contributed by atoms with Crippen molar-refractivity contribution in [1.82, 2.24) is 15.5 Å². The van der Waals surface area contributed by atoms with Crippen LogP contribution in [0.25, 0.3) is 0 Å². The third-order valence-electron chi connectivity index (χ3n) is 2.35. The smallest absolute Gasteiger partial charge is 0.223 e. The first-order chi connectivity index (χ1) is 8.63. The van der Waals surface area contributed by atoms with Gasteiger partial charge in [-0.2, -0.15) is 4.98 Å². The second-order valence-corrected chi connectivity index (χ2v) is 4.37. The molecule has 0 aliphatic heterocycles. The minimum Gasteiger partial charge on any atom is -0.340 e. The summed E-state index contributed by atoms with van der Waals surface area (Å²) in [6, 6.07) is 4.47. The fraction of sp³-hybridized carbons (Fsp3) is 0.333. The average molecular weight is 270 g/mol. The van der Waals surface area contributed by atoms with Crippen LogP contribution in [-0.2, 0) is 13.0 Å². The number of benzene rings is 1. The summed E-state index contributed by atoms with van der Waals surface area (Å²) in [6.45, 7) is 2.99. The van der Waals surface area contributed by atoms with E-state index < -0.39 is 0 Å². The summed E-state index contributed by atoms with van der Waals surface area (Å²) in [5, 5.41) is 7.35. The Kier molecular flexibility index (Phi) is 4.28. The molecule has 0 saturated heterocycles. The van der Waals surface area contributed by atoms with E-state index in [9.17, 15) is 4.39 Å². The van der Waals surface area contributed by atoms with Gasteiger partial charge in [-0.1, -0.05) is 16.8 Å². The van der Waals surface area contributed by atoms with Crippen molar-refractivity contribution in [3.63, 3.8) is 0 Å². The molecule has 0 saturated carbocycles. The van der Waals surface area contributed by atoms with Crippen LogP contribution < -0.4 is 5.32 Å². The van der Waals surface area contributed by atoms with E-state index in [-0.39, 0.29) is 5.82 Å². The van der Waals surface area contributed by atoms with E-state index in [2.05, 4.69) is 15.5 Å². The Balaban J connectivity index is 1.78. The molecule has 1 aromatic heterocycles. The highest BCUT2D eigenvalue weighted by atomic mass is 35.5.